The highest BCUT2D eigenvalue weighted by molar-refractivity contribution is 6.23. The second-order valence-electron chi connectivity index (χ2n) is 6.70. The monoisotopic (exact) mass is 375 g/mol. The van der Waals surface area contributed by atoms with Crippen LogP contribution in [0.2, 0.25) is 0 Å². The van der Waals surface area contributed by atoms with E-state index in [0.29, 0.717) is 24.1 Å². The maximum atomic E-state index is 13.1. The van der Waals surface area contributed by atoms with Crippen LogP contribution in [0.3, 0.4) is 0 Å². The molecule has 0 aromatic heterocycles. The molecule has 0 radical (unpaired) electrons. The molecule has 1 atom stereocenters. The predicted octanol–water partition coefficient (Wildman–Crippen LogP) is 3.02. The highest BCUT2D eigenvalue weighted by Gasteiger charge is 2.44. The lowest BCUT2D eigenvalue weighted by Crippen LogP contribution is -2.45. The zero-order valence-electron chi connectivity index (χ0n) is 15.7. The lowest BCUT2D eigenvalue weighted by molar-refractivity contribution is -0.139. The van der Waals surface area contributed by atoms with E-state index >= 15 is 0 Å². The van der Waals surface area contributed by atoms with Crippen molar-refractivity contribution in [2.45, 2.75) is 38.8 Å². The first-order valence-corrected chi connectivity index (χ1v) is 9.25. The molecule has 1 unspecified atom stereocenters. The Kier molecular flexibility index (Phi) is 5.85. The summed E-state index contributed by atoms with van der Waals surface area (Å²) in [7, 11) is 0. The quantitative estimate of drug-likeness (QED) is 0.727. The van der Waals surface area contributed by atoms with Gasteiger partial charge in [0, 0.05) is 13.0 Å². The number of imide groups is 1. The van der Waals surface area contributed by atoms with Crippen LogP contribution in [-0.2, 0) is 20.9 Å². The molecule has 2 aromatic rings. The van der Waals surface area contributed by atoms with Crippen LogP contribution in [0.15, 0.2) is 54.6 Å². The molecule has 2 aromatic carbocycles. The SMILES string of the molecule is CCCC(=O)N(Cc1ccccc1)C1CC(=O)N(c2ccc(C#N)cc2)C1=O. The Hall–Kier alpha value is -3.46. The van der Waals surface area contributed by atoms with E-state index in [4.69, 9.17) is 5.26 Å². The van der Waals surface area contributed by atoms with Gasteiger partial charge in [-0.3, -0.25) is 14.4 Å². The minimum atomic E-state index is -0.817. The van der Waals surface area contributed by atoms with Crippen molar-refractivity contribution in [3.05, 3.63) is 65.7 Å². The molecule has 0 spiro atoms. The van der Waals surface area contributed by atoms with Crippen LogP contribution in [-0.4, -0.2) is 28.7 Å². The van der Waals surface area contributed by atoms with E-state index in [1.807, 2.05) is 43.3 Å². The fourth-order valence-corrected chi connectivity index (χ4v) is 3.33. The fraction of sp³-hybridized carbons (Fsp3) is 0.273. The molecule has 0 N–H and O–H groups in total. The van der Waals surface area contributed by atoms with Gasteiger partial charge in [0.25, 0.3) is 5.91 Å². The topological polar surface area (TPSA) is 81.5 Å². The Morgan fingerprint density at radius 2 is 1.82 bits per heavy atom. The maximum absolute atomic E-state index is 13.1. The summed E-state index contributed by atoms with van der Waals surface area (Å²) in [6, 6.07) is 16.9. The van der Waals surface area contributed by atoms with Crippen molar-refractivity contribution in [1.82, 2.24) is 4.90 Å². The van der Waals surface area contributed by atoms with Crippen LogP contribution in [0, 0.1) is 11.3 Å². The highest BCUT2D eigenvalue weighted by atomic mass is 16.2. The van der Waals surface area contributed by atoms with Gasteiger partial charge in [-0.2, -0.15) is 5.26 Å². The number of anilines is 1. The Morgan fingerprint density at radius 3 is 2.43 bits per heavy atom. The molecule has 0 aliphatic carbocycles. The number of carbonyl (C=O) groups is 3. The third-order valence-electron chi connectivity index (χ3n) is 4.73. The Balaban J connectivity index is 1.88. The average molecular weight is 375 g/mol. The summed E-state index contributed by atoms with van der Waals surface area (Å²) >= 11 is 0. The van der Waals surface area contributed by atoms with Crippen molar-refractivity contribution in [1.29, 1.82) is 5.26 Å². The second-order valence-corrected chi connectivity index (χ2v) is 6.70. The van der Waals surface area contributed by atoms with Crippen LogP contribution in [0.25, 0.3) is 0 Å². The minimum Gasteiger partial charge on any atom is -0.326 e. The van der Waals surface area contributed by atoms with E-state index in [1.54, 1.807) is 24.3 Å². The van der Waals surface area contributed by atoms with Crippen LogP contribution >= 0.6 is 0 Å². The smallest absolute Gasteiger partial charge is 0.257 e. The summed E-state index contributed by atoms with van der Waals surface area (Å²) in [5.41, 5.74) is 1.77. The van der Waals surface area contributed by atoms with Gasteiger partial charge in [0.15, 0.2) is 0 Å². The summed E-state index contributed by atoms with van der Waals surface area (Å²) in [6.45, 7) is 2.19. The molecule has 1 fully saturated rings. The van der Waals surface area contributed by atoms with Crippen molar-refractivity contribution in [3.63, 3.8) is 0 Å². The molecular weight excluding hydrogens is 354 g/mol. The van der Waals surface area contributed by atoms with E-state index in [9.17, 15) is 14.4 Å². The van der Waals surface area contributed by atoms with Crippen LogP contribution in [0.5, 0.6) is 0 Å². The van der Waals surface area contributed by atoms with Crippen LogP contribution < -0.4 is 4.90 Å². The van der Waals surface area contributed by atoms with Crippen molar-refractivity contribution < 1.29 is 14.4 Å². The standard InChI is InChI=1S/C22H21N3O3/c1-2-6-20(26)24(15-17-7-4-3-5-8-17)19-13-21(27)25(22(19)28)18-11-9-16(14-23)10-12-18/h3-5,7-12,19H,2,6,13,15H2,1H3. The molecule has 1 aliphatic rings. The van der Waals surface area contributed by atoms with Crippen LogP contribution in [0.1, 0.15) is 37.3 Å². The van der Waals surface area contributed by atoms with E-state index in [0.717, 1.165) is 10.5 Å². The molecule has 3 rings (SSSR count). The van der Waals surface area contributed by atoms with Gasteiger partial charge in [-0.05, 0) is 36.2 Å². The zero-order valence-corrected chi connectivity index (χ0v) is 15.7. The lowest BCUT2D eigenvalue weighted by atomic mass is 10.1. The summed E-state index contributed by atoms with van der Waals surface area (Å²) < 4.78 is 0. The van der Waals surface area contributed by atoms with Gasteiger partial charge in [-0.1, -0.05) is 37.3 Å². The van der Waals surface area contributed by atoms with Gasteiger partial charge in [-0.15, -0.1) is 0 Å². The number of nitriles is 1. The van der Waals surface area contributed by atoms with Crippen molar-refractivity contribution in [3.8, 4) is 6.07 Å². The summed E-state index contributed by atoms with van der Waals surface area (Å²) in [5.74, 6) is -0.892. The number of carbonyl (C=O) groups excluding carboxylic acids is 3. The minimum absolute atomic E-state index is 0.0406. The maximum Gasteiger partial charge on any atom is 0.257 e. The van der Waals surface area contributed by atoms with Crippen LogP contribution in [0.4, 0.5) is 5.69 Å². The van der Waals surface area contributed by atoms with Gasteiger partial charge in [0.05, 0.1) is 23.7 Å². The van der Waals surface area contributed by atoms with Crippen molar-refractivity contribution in [2.75, 3.05) is 4.90 Å². The van der Waals surface area contributed by atoms with Gasteiger partial charge in [-0.25, -0.2) is 4.90 Å². The van der Waals surface area contributed by atoms with E-state index < -0.39 is 11.9 Å². The molecule has 28 heavy (non-hydrogen) atoms. The number of rotatable bonds is 6. The third kappa shape index (κ3) is 3.94. The highest BCUT2D eigenvalue weighted by Crippen LogP contribution is 2.27. The average Bonchev–Trinajstić information content (AvgIpc) is 3.01. The number of hydrogen-bond donors (Lipinski definition) is 0. The van der Waals surface area contributed by atoms with Gasteiger partial charge < -0.3 is 4.90 Å². The van der Waals surface area contributed by atoms with Crippen molar-refractivity contribution in [2.24, 2.45) is 0 Å². The first kappa shape index (κ1) is 19.3. The number of nitrogens with zero attached hydrogens (tertiary/aromatic N) is 3. The second kappa shape index (κ2) is 8.49. The largest absolute Gasteiger partial charge is 0.326 e. The Morgan fingerprint density at radius 1 is 1.14 bits per heavy atom. The molecule has 1 heterocycles. The molecule has 1 aliphatic heterocycles. The van der Waals surface area contributed by atoms with E-state index in [2.05, 4.69) is 0 Å². The third-order valence-corrected chi connectivity index (χ3v) is 4.73. The van der Waals surface area contributed by atoms with Gasteiger partial charge >= 0.3 is 0 Å². The molecule has 6 nitrogen and oxygen atoms in total. The molecule has 0 saturated carbocycles. The number of benzene rings is 2. The number of amides is 3. The Bertz CT molecular complexity index is 916. The molecule has 6 heteroatoms. The molecule has 142 valence electrons. The van der Waals surface area contributed by atoms with Crippen molar-refractivity contribution >= 4 is 23.4 Å². The van der Waals surface area contributed by atoms with E-state index in [-0.39, 0.29) is 24.8 Å². The molecule has 0 bridgehead atoms. The van der Waals surface area contributed by atoms with E-state index in [1.165, 1.54) is 4.90 Å². The normalized spacial score (nSPS) is 16.1. The summed E-state index contributed by atoms with van der Waals surface area (Å²) in [6.07, 6.45) is 0.946. The Labute approximate surface area is 164 Å². The van der Waals surface area contributed by atoms with Gasteiger partial charge in [0.2, 0.25) is 11.8 Å². The molecular formula is C22H21N3O3. The first-order valence-electron chi connectivity index (χ1n) is 9.25. The molecule has 3 amide bonds. The number of hydrogen-bond acceptors (Lipinski definition) is 4. The predicted molar refractivity (Wildman–Crippen MR) is 104 cm³/mol. The first-order chi connectivity index (χ1) is 13.5. The fourth-order valence-electron chi connectivity index (χ4n) is 3.33. The molecule has 1 saturated heterocycles. The van der Waals surface area contributed by atoms with Gasteiger partial charge in [0.1, 0.15) is 6.04 Å². The lowest BCUT2D eigenvalue weighted by Gasteiger charge is -2.28. The summed E-state index contributed by atoms with van der Waals surface area (Å²) in [5, 5.41) is 8.92. The zero-order chi connectivity index (χ0) is 20.1. The summed E-state index contributed by atoms with van der Waals surface area (Å²) in [4.78, 5) is 41.0.